The largest absolute Gasteiger partial charge is 0.497 e. The number of nitrogens with one attached hydrogen (secondary N) is 2. The number of methoxy groups -OCH3 is 2. The Hall–Kier alpha value is -3.40. The number of benzene rings is 1. The SMILES string of the molecule is COC(=O)c1sccc1NC(=O)COC(=O)CNC(=O)c1cccc(OC)c1. The normalized spacial score (nSPS) is 9.93. The minimum atomic E-state index is -0.787. The fourth-order valence-corrected chi connectivity index (χ4v) is 2.83. The van der Waals surface area contributed by atoms with Gasteiger partial charge in [0.2, 0.25) is 0 Å². The summed E-state index contributed by atoms with van der Waals surface area (Å²) in [5.74, 6) is -1.98. The number of hydrogen-bond donors (Lipinski definition) is 2. The summed E-state index contributed by atoms with van der Waals surface area (Å²) in [5, 5.41) is 6.46. The molecule has 28 heavy (non-hydrogen) atoms. The number of rotatable bonds is 8. The average molecular weight is 406 g/mol. The Morgan fingerprint density at radius 1 is 1.11 bits per heavy atom. The van der Waals surface area contributed by atoms with Gasteiger partial charge in [0.25, 0.3) is 11.8 Å². The number of hydrogen-bond acceptors (Lipinski definition) is 8. The van der Waals surface area contributed by atoms with Crippen LogP contribution in [0, 0.1) is 0 Å². The molecule has 9 nitrogen and oxygen atoms in total. The lowest BCUT2D eigenvalue weighted by Gasteiger charge is -2.08. The van der Waals surface area contributed by atoms with Gasteiger partial charge in [-0.1, -0.05) is 6.07 Å². The van der Waals surface area contributed by atoms with Gasteiger partial charge in [0.05, 0.1) is 19.9 Å². The Morgan fingerprint density at radius 3 is 2.61 bits per heavy atom. The van der Waals surface area contributed by atoms with Crippen LogP contribution in [-0.4, -0.2) is 51.1 Å². The summed E-state index contributed by atoms with van der Waals surface area (Å²) in [6, 6.07) is 7.95. The van der Waals surface area contributed by atoms with Crippen LogP contribution in [0.2, 0.25) is 0 Å². The zero-order valence-electron chi connectivity index (χ0n) is 15.1. The maximum absolute atomic E-state index is 12.0. The molecule has 0 fully saturated rings. The molecule has 2 N–H and O–H groups in total. The van der Waals surface area contributed by atoms with Gasteiger partial charge in [-0.25, -0.2) is 4.79 Å². The lowest BCUT2D eigenvalue weighted by atomic mass is 10.2. The predicted molar refractivity (Wildman–Crippen MR) is 101 cm³/mol. The van der Waals surface area contributed by atoms with Gasteiger partial charge in [0.15, 0.2) is 6.61 Å². The molecule has 0 aliphatic heterocycles. The van der Waals surface area contributed by atoms with Crippen LogP contribution in [0.3, 0.4) is 0 Å². The monoisotopic (exact) mass is 406 g/mol. The van der Waals surface area contributed by atoms with Gasteiger partial charge in [0, 0.05) is 5.56 Å². The summed E-state index contributed by atoms with van der Waals surface area (Å²) in [7, 11) is 2.71. The molecule has 0 atom stereocenters. The van der Waals surface area contributed by atoms with Gasteiger partial charge in [0.1, 0.15) is 17.2 Å². The lowest BCUT2D eigenvalue weighted by Crippen LogP contribution is -2.32. The number of carbonyl (C=O) groups is 4. The van der Waals surface area contributed by atoms with Crippen molar-refractivity contribution >= 4 is 40.8 Å². The zero-order valence-corrected chi connectivity index (χ0v) is 16.0. The van der Waals surface area contributed by atoms with Crippen molar-refractivity contribution in [3.8, 4) is 5.75 Å². The van der Waals surface area contributed by atoms with Crippen molar-refractivity contribution in [1.82, 2.24) is 5.32 Å². The van der Waals surface area contributed by atoms with Crippen LogP contribution in [0.15, 0.2) is 35.7 Å². The fraction of sp³-hybridized carbons (Fsp3) is 0.222. The van der Waals surface area contributed by atoms with Crippen LogP contribution in [0.5, 0.6) is 5.75 Å². The molecule has 0 radical (unpaired) electrons. The highest BCUT2D eigenvalue weighted by atomic mass is 32.1. The van der Waals surface area contributed by atoms with Gasteiger partial charge in [-0.15, -0.1) is 11.3 Å². The van der Waals surface area contributed by atoms with Crippen molar-refractivity contribution in [3.63, 3.8) is 0 Å². The van der Waals surface area contributed by atoms with Crippen LogP contribution in [0.4, 0.5) is 5.69 Å². The third-order valence-electron chi connectivity index (χ3n) is 3.40. The van der Waals surface area contributed by atoms with Gasteiger partial charge < -0.3 is 24.8 Å². The van der Waals surface area contributed by atoms with E-state index < -0.39 is 36.9 Å². The summed E-state index contributed by atoms with van der Waals surface area (Å²) in [4.78, 5) is 47.4. The third kappa shape index (κ3) is 5.81. The van der Waals surface area contributed by atoms with E-state index in [0.29, 0.717) is 11.3 Å². The molecule has 0 aliphatic rings. The summed E-state index contributed by atoms with van der Waals surface area (Å²) in [6.07, 6.45) is 0. The lowest BCUT2D eigenvalue weighted by molar-refractivity contribution is -0.146. The number of esters is 2. The number of anilines is 1. The van der Waals surface area contributed by atoms with Crippen molar-refractivity contribution in [1.29, 1.82) is 0 Å². The summed E-state index contributed by atoms with van der Waals surface area (Å²) >= 11 is 1.11. The highest BCUT2D eigenvalue weighted by Gasteiger charge is 2.16. The molecule has 0 unspecified atom stereocenters. The second kappa shape index (κ2) is 10.1. The molecule has 1 heterocycles. The van der Waals surface area contributed by atoms with E-state index in [9.17, 15) is 19.2 Å². The molecule has 2 aromatic rings. The molecule has 1 aromatic carbocycles. The molecule has 2 amide bonds. The number of thiophene rings is 1. The van der Waals surface area contributed by atoms with Crippen LogP contribution < -0.4 is 15.4 Å². The fourth-order valence-electron chi connectivity index (χ4n) is 2.06. The van der Waals surface area contributed by atoms with Crippen molar-refractivity contribution in [2.45, 2.75) is 0 Å². The van der Waals surface area contributed by atoms with E-state index in [2.05, 4.69) is 15.4 Å². The van der Waals surface area contributed by atoms with Crippen molar-refractivity contribution in [2.24, 2.45) is 0 Å². The van der Waals surface area contributed by atoms with E-state index in [4.69, 9.17) is 9.47 Å². The Bertz CT molecular complexity index is 878. The van der Waals surface area contributed by atoms with E-state index >= 15 is 0 Å². The third-order valence-corrected chi connectivity index (χ3v) is 4.29. The molecular formula is C18H18N2O7S. The van der Waals surface area contributed by atoms with E-state index in [1.165, 1.54) is 26.4 Å². The molecule has 1 aromatic heterocycles. The maximum Gasteiger partial charge on any atom is 0.350 e. The second-order valence-corrected chi connectivity index (χ2v) is 6.19. The topological polar surface area (TPSA) is 120 Å². The van der Waals surface area contributed by atoms with Crippen molar-refractivity contribution in [3.05, 3.63) is 46.2 Å². The van der Waals surface area contributed by atoms with Gasteiger partial charge in [-0.3, -0.25) is 14.4 Å². The Morgan fingerprint density at radius 2 is 1.89 bits per heavy atom. The van der Waals surface area contributed by atoms with E-state index in [1.807, 2.05) is 0 Å². The van der Waals surface area contributed by atoms with Crippen molar-refractivity contribution < 1.29 is 33.4 Å². The zero-order chi connectivity index (χ0) is 20.5. The number of amides is 2. The summed E-state index contributed by atoms with van der Waals surface area (Å²) in [6.45, 7) is -0.973. The van der Waals surface area contributed by atoms with Gasteiger partial charge >= 0.3 is 11.9 Å². The Labute approximate surface area is 164 Å². The molecular weight excluding hydrogens is 388 g/mol. The van der Waals surface area contributed by atoms with Crippen LogP contribution in [0.1, 0.15) is 20.0 Å². The Kier molecular flexibility index (Phi) is 7.52. The van der Waals surface area contributed by atoms with Crippen molar-refractivity contribution in [2.75, 3.05) is 32.7 Å². The first-order chi connectivity index (χ1) is 13.4. The van der Waals surface area contributed by atoms with Crippen LogP contribution >= 0.6 is 11.3 Å². The molecule has 0 saturated heterocycles. The first-order valence-electron chi connectivity index (χ1n) is 7.98. The maximum atomic E-state index is 12.0. The highest BCUT2D eigenvalue weighted by molar-refractivity contribution is 7.12. The minimum absolute atomic E-state index is 0.229. The first-order valence-corrected chi connectivity index (χ1v) is 8.86. The van der Waals surface area contributed by atoms with Gasteiger partial charge in [-0.2, -0.15) is 0 Å². The molecule has 0 bridgehead atoms. The van der Waals surface area contributed by atoms with Gasteiger partial charge in [-0.05, 0) is 29.6 Å². The smallest absolute Gasteiger partial charge is 0.350 e. The summed E-state index contributed by atoms with van der Waals surface area (Å²) < 4.78 is 14.4. The molecule has 148 valence electrons. The first kappa shape index (κ1) is 20.9. The number of carbonyl (C=O) groups excluding carboxylic acids is 4. The molecule has 2 rings (SSSR count). The van der Waals surface area contributed by atoms with E-state index in [0.717, 1.165) is 11.3 Å². The predicted octanol–water partition coefficient (Wildman–Crippen LogP) is 1.45. The minimum Gasteiger partial charge on any atom is -0.497 e. The molecule has 0 spiro atoms. The standard InChI is InChI=1S/C18H18N2O7S/c1-25-12-5-3-4-11(8-12)17(23)19-9-15(22)27-10-14(21)20-13-6-7-28-16(13)18(24)26-2/h3-8H,9-10H2,1-2H3,(H,19,23)(H,20,21). The average Bonchev–Trinajstić information content (AvgIpc) is 3.17. The molecule has 0 aliphatic carbocycles. The number of ether oxygens (including phenoxy) is 3. The van der Waals surface area contributed by atoms with Crippen LogP contribution in [0.25, 0.3) is 0 Å². The van der Waals surface area contributed by atoms with E-state index in [-0.39, 0.29) is 10.6 Å². The summed E-state index contributed by atoms with van der Waals surface area (Å²) in [5.41, 5.74) is 0.585. The quantitative estimate of drug-likeness (QED) is 0.637. The highest BCUT2D eigenvalue weighted by Crippen LogP contribution is 2.22. The van der Waals surface area contributed by atoms with E-state index in [1.54, 1.807) is 23.6 Å². The van der Waals surface area contributed by atoms with Crippen LogP contribution in [-0.2, 0) is 19.1 Å². The molecule has 10 heteroatoms. The Balaban J connectivity index is 1.77. The second-order valence-electron chi connectivity index (χ2n) is 5.28. The molecule has 0 saturated carbocycles.